The number of aliphatic hydroxyl groups is 2. The number of aliphatic hydroxyl groups excluding tert-OH is 2. The van der Waals surface area contributed by atoms with Crippen molar-refractivity contribution in [2.24, 2.45) is 7.05 Å². The number of hydrogen-bond donors (Lipinski definition) is 4. The minimum Gasteiger partial charge on any atom is -0.497 e. The highest BCUT2D eigenvalue weighted by Gasteiger charge is 2.56. The number of nitrogens with zero attached hydrogens (tertiary/aromatic N) is 1. The Bertz CT molecular complexity index is 1320. The van der Waals surface area contributed by atoms with Gasteiger partial charge in [-0.2, -0.15) is 0 Å². The predicted octanol–water partition coefficient (Wildman–Crippen LogP) is 5.65. The van der Waals surface area contributed by atoms with Gasteiger partial charge in [0.05, 0.1) is 31.2 Å². The third kappa shape index (κ3) is 6.51. The molecule has 1 aliphatic carbocycles. The molecule has 0 aliphatic heterocycles. The lowest BCUT2D eigenvalue weighted by Crippen LogP contribution is -2.24. The normalized spacial score (nSPS) is 18.7. The molecule has 7 nitrogen and oxygen atoms in total. The van der Waals surface area contributed by atoms with E-state index in [2.05, 4.69) is 10.0 Å². The molecule has 38 heavy (non-hydrogen) atoms. The van der Waals surface area contributed by atoms with Crippen LogP contribution in [-0.2, 0) is 7.05 Å². The van der Waals surface area contributed by atoms with Gasteiger partial charge in [0, 0.05) is 23.3 Å². The van der Waals surface area contributed by atoms with Crippen LogP contribution in [0.3, 0.4) is 0 Å². The maximum atomic E-state index is 14.6. The average Bonchev–Trinajstić information content (AvgIpc) is 3.64. The van der Waals surface area contributed by atoms with Gasteiger partial charge in [0.15, 0.2) is 0 Å². The topological polar surface area (TPSA) is 95.8 Å². The van der Waals surface area contributed by atoms with Gasteiger partial charge in [-0.25, -0.2) is 4.39 Å². The van der Waals surface area contributed by atoms with Crippen LogP contribution in [-0.4, -0.2) is 39.3 Å². The van der Waals surface area contributed by atoms with Crippen LogP contribution in [0.15, 0.2) is 53.3 Å². The van der Waals surface area contributed by atoms with Crippen LogP contribution in [0, 0.1) is 19.7 Å². The monoisotopic (exact) mass is 543 g/mol. The molecular weight excluding hydrogens is 505 g/mol. The smallest absolute Gasteiger partial charge is 0.254 e. The van der Waals surface area contributed by atoms with E-state index in [4.69, 9.17) is 4.74 Å². The lowest BCUT2D eigenvalue weighted by Gasteiger charge is -2.23. The SMILES string of the molecule is CC.COc1cccc(C2CC2(CC(O)CO)SNc2cc(C)c(=O)n(C)c2Nc2ccc(C)cc2F)c1. The predicted molar refractivity (Wildman–Crippen MR) is 154 cm³/mol. The zero-order chi connectivity index (χ0) is 28.0. The molecular formula is C29H38FN3O4S. The Morgan fingerprint density at radius 1 is 1.18 bits per heavy atom. The van der Waals surface area contributed by atoms with Crippen LogP contribution in [0.1, 0.15) is 49.3 Å². The Hall–Kier alpha value is -3.01. The van der Waals surface area contributed by atoms with E-state index < -0.39 is 11.9 Å². The third-order valence-electron chi connectivity index (χ3n) is 6.65. The van der Waals surface area contributed by atoms with Gasteiger partial charge in [0.25, 0.3) is 5.56 Å². The molecule has 1 aliphatic rings. The van der Waals surface area contributed by atoms with E-state index >= 15 is 0 Å². The average molecular weight is 544 g/mol. The summed E-state index contributed by atoms with van der Waals surface area (Å²) in [5.41, 5.74) is 3.12. The maximum Gasteiger partial charge on any atom is 0.254 e. The van der Waals surface area contributed by atoms with Gasteiger partial charge in [-0.05, 0) is 80.1 Å². The molecule has 4 N–H and O–H groups in total. The number of ether oxygens (including phenoxy) is 1. The van der Waals surface area contributed by atoms with Crippen LogP contribution in [0.25, 0.3) is 0 Å². The van der Waals surface area contributed by atoms with Gasteiger partial charge >= 0.3 is 0 Å². The zero-order valence-corrected chi connectivity index (χ0v) is 23.7. The molecule has 3 atom stereocenters. The Balaban J connectivity index is 0.00000195. The summed E-state index contributed by atoms with van der Waals surface area (Å²) in [4.78, 5) is 12.7. The molecule has 2 aromatic carbocycles. The molecule has 3 aromatic rings. The van der Waals surface area contributed by atoms with Crippen molar-refractivity contribution in [3.8, 4) is 5.75 Å². The highest BCUT2D eigenvalue weighted by atomic mass is 32.2. The second-order valence-electron chi connectivity index (χ2n) is 9.40. The number of benzene rings is 2. The first-order valence-electron chi connectivity index (χ1n) is 12.8. The third-order valence-corrected chi connectivity index (χ3v) is 7.99. The van der Waals surface area contributed by atoms with E-state index in [1.165, 1.54) is 22.6 Å². The molecule has 1 aromatic heterocycles. The van der Waals surface area contributed by atoms with E-state index in [9.17, 15) is 19.4 Å². The summed E-state index contributed by atoms with van der Waals surface area (Å²) < 4.78 is 24.4. The number of hydrogen-bond acceptors (Lipinski definition) is 7. The van der Waals surface area contributed by atoms with Gasteiger partial charge in [-0.3, -0.25) is 9.36 Å². The van der Waals surface area contributed by atoms with Crippen molar-refractivity contribution in [3.63, 3.8) is 0 Å². The Morgan fingerprint density at radius 2 is 1.92 bits per heavy atom. The molecule has 9 heteroatoms. The van der Waals surface area contributed by atoms with Crippen molar-refractivity contribution in [1.29, 1.82) is 0 Å². The molecule has 206 valence electrons. The summed E-state index contributed by atoms with van der Waals surface area (Å²) in [6.45, 7) is 7.22. The van der Waals surface area contributed by atoms with Crippen LogP contribution in [0.5, 0.6) is 5.75 Å². The number of rotatable bonds is 10. The van der Waals surface area contributed by atoms with Crippen molar-refractivity contribution < 1.29 is 19.3 Å². The lowest BCUT2D eigenvalue weighted by molar-refractivity contribution is 0.0861. The molecule has 3 unspecified atom stereocenters. The number of halogens is 1. The molecule has 4 rings (SSSR count). The van der Waals surface area contributed by atoms with Crippen molar-refractivity contribution in [1.82, 2.24) is 4.57 Å². The first kappa shape index (κ1) is 29.5. The molecule has 0 spiro atoms. The molecule has 0 saturated heterocycles. The molecule has 1 heterocycles. The number of aryl methyl sites for hydroxylation is 2. The van der Waals surface area contributed by atoms with Gasteiger partial charge in [0.2, 0.25) is 0 Å². The van der Waals surface area contributed by atoms with Crippen molar-refractivity contribution in [2.45, 2.75) is 57.3 Å². The number of nitrogens with one attached hydrogen (secondary N) is 2. The summed E-state index contributed by atoms with van der Waals surface area (Å²) in [5.74, 6) is 0.905. The number of aromatic nitrogens is 1. The number of pyridine rings is 1. The first-order chi connectivity index (χ1) is 18.2. The second-order valence-corrected chi connectivity index (χ2v) is 10.6. The van der Waals surface area contributed by atoms with Crippen LogP contribution in [0.4, 0.5) is 21.6 Å². The van der Waals surface area contributed by atoms with Crippen LogP contribution >= 0.6 is 11.9 Å². The van der Waals surface area contributed by atoms with E-state index in [0.717, 1.165) is 23.3 Å². The molecule has 1 saturated carbocycles. The maximum absolute atomic E-state index is 14.6. The van der Waals surface area contributed by atoms with Gasteiger partial charge in [0.1, 0.15) is 17.4 Å². The molecule has 0 amide bonds. The van der Waals surface area contributed by atoms with Crippen molar-refractivity contribution >= 4 is 29.1 Å². The van der Waals surface area contributed by atoms with Gasteiger partial charge in [-0.1, -0.05) is 32.0 Å². The quantitative estimate of drug-likeness (QED) is 0.246. The Morgan fingerprint density at radius 3 is 2.58 bits per heavy atom. The number of methoxy groups -OCH3 is 1. The van der Waals surface area contributed by atoms with Crippen LogP contribution < -0.4 is 20.3 Å². The first-order valence-corrected chi connectivity index (χ1v) is 13.6. The van der Waals surface area contributed by atoms with Gasteiger partial charge in [-0.15, -0.1) is 0 Å². The minimum absolute atomic E-state index is 0.130. The van der Waals surface area contributed by atoms with Gasteiger partial charge < -0.3 is 25.0 Å². The van der Waals surface area contributed by atoms with Crippen LogP contribution in [0.2, 0.25) is 0 Å². The fourth-order valence-corrected chi connectivity index (χ4v) is 5.81. The highest BCUT2D eigenvalue weighted by molar-refractivity contribution is 8.02. The standard InChI is InChI=1S/C27H32FN3O4S.C2H6/c1-16-8-9-23(22(28)10-16)29-25-24(11-17(2)26(34)31(25)3)30-36-27(13-19(33)15-32)14-21(27)18-6-5-7-20(12-18)35-4;1-2/h5-12,19,21,29-30,32-33H,13-15H2,1-4H3;1-2H3. The largest absolute Gasteiger partial charge is 0.497 e. The molecule has 0 radical (unpaired) electrons. The zero-order valence-electron chi connectivity index (χ0n) is 22.8. The summed E-state index contributed by atoms with van der Waals surface area (Å²) in [7, 11) is 3.26. The van der Waals surface area contributed by atoms with Crippen molar-refractivity contribution in [3.05, 3.63) is 81.4 Å². The van der Waals surface area contributed by atoms with Crippen molar-refractivity contribution in [2.75, 3.05) is 23.8 Å². The minimum atomic E-state index is -0.865. The van der Waals surface area contributed by atoms with E-state index in [1.807, 2.05) is 45.0 Å². The Labute approximate surface area is 228 Å². The number of anilines is 3. The second kappa shape index (κ2) is 12.7. The summed E-state index contributed by atoms with van der Waals surface area (Å²) >= 11 is 1.45. The summed E-state index contributed by atoms with van der Waals surface area (Å²) in [6.07, 6.45) is 0.300. The van der Waals surface area contributed by atoms with E-state index in [0.29, 0.717) is 23.5 Å². The fraction of sp³-hybridized carbons (Fsp3) is 0.414. The molecule has 0 bridgehead atoms. The summed E-state index contributed by atoms with van der Waals surface area (Å²) in [5, 5.41) is 22.9. The van der Waals surface area contributed by atoms with E-state index in [-0.39, 0.29) is 28.5 Å². The van der Waals surface area contributed by atoms with E-state index in [1.54, 1.807) is 39.3 Å². The molecule has 1 fully saturated rings. The Kier molecular flexibility index (Phi) is 9.87. The highest BCUT2D eigenvalue weighted by Crippen LogP contribution is 2.63. The lowest BCUT2D eigenvalue weighted by atomic mass is 10.1. The fourth-order valence-electron chi connectivity index (χ4n) is 4.54. The summed E-state index contributed by atoms with van der Waals surface area (Å²) in [6, 6.07) is 14.5.